The van der Waals surface area contributed by atoms with Crippen LogP contribution < -0.4 is 5.32 Å². The summed E-state index contributed by atoms with van der Waals surface area (Å²) in [6.45, 7) is 4.24. The zero-order chi connectivity index (χ0) is 17.0. The second-order valence-corrected chi connectivity index (χ2v) is 5.64. The van der Waals surface area contributed by atoms with E-state index in [0.717, 1.165) is 19.4 Å². The van der Waals surface area contributed by atoms with Gasteiger partial charge in [-0.1, -0.05) is 0 Å². The number of aromatic nitrogens is 1. The van der Waals surface area contributed by atoms with E-state index in [1.165, 1.54) is 14.0 Å². The second kappa shape index (κ2) is 7.41. The number of hydrogen-bond acceptors (Lipinski definition) is 5. The van der Waals surface area contributed by atoms with Crippen LogP contribution in [-0.4, -0.2) is 49.0 Å². The average molecular weight is 322 g/mol. The van der Waals surface area contributed by atoms with Crippen molar-refractivity contribution in [1.82, 2.24) is 10.3 Å². The molecule has 2 heterocycles. The fourth-order valence-electron chi connectivity index (χ4n) is 2.78. The number of ketones is 1. The molecule has 1 aromatic rings. The number of methoxy groups -OCH3 is 1. The van der Waals surface area contributed by atoms with Gasteiger partial charge in [0.05, 0.1) is 30.9 Å². The van der Waals surface area contributed by atoms with Crippen molar-refractivity contribution in [3.63, 3.8) is 0 Å². The number of nitrogens with one attached hydrogen (secondary N) is 2. The summed E-state index contributed by atoms with van der Waals surface area (Å²) in [6, 6.07) is 0. The lowest BCUT2D eigenvalue weighted by molar-refractivity contribution is -0.121. The Kier molecular flexibility index (Phi) is 5.54. The lowest BCUT2D eigenvalue weighted by atomic mass is 10.1. The van der Waals surface area contributed by atoms with E-state index >= 15 is 0 Å². The number of esters is 1. The van der Waals surface area contributed by atoms with E-state index in [1.807, 2.05) is 0 Å². The summed E-state index contributed by atoms with van der Waals surface area (Å²) < 4.78 is 10.2. The average Bonchev–Trinajstić information content (AvgIpc) is 3.12. The highest BCUT2D eigenvalue weighted by Gasteiger charge is 2.24. The van der Waals surface area contributed by atoms with Crippen LogP contribution in [0.25, 0.3) is 0 Å². The Balaban J connectivity index is 2.10. The van der Waals surface area contributed by atoms with Gasteiger partial charge in [0, 0.05) is 25.8 Å². The molecule has 7 heteroatoms. The summed E-state index contributed by atoms with van der Waals surface area (Å²) in [7, 11) is 1.27. The highest BCUT2D eigenvalue weighted by Crippen LogP contribution is 2.20. The maximum Gasteiger partial charge on any atom is 0.339 e. The first-order valence-corrected chi connectivity index (χ1v) is 7.63. The molecule has 1 aliphatic heterocycles. The van der Waals surface area contributed by atoms with Crippen LogP contribution in [0.2, 0.25) is 0 Å². The number of aromatic amines is 1. The molecule has 1 aliphatic rings. The fourth-order valence-corrected chi connectivity index (χ4v) is 2.78. The Morgan fingerprint density at radius 1 is 1.39 bits per heavy atom. The van der Waals surface area contributed by atoms with Gasteiger partial charge < -0.3 is 19.8 Å². The topological polar surface area (TPSA) is 97.5 Å². The molecule has 1 saturated heterocycles. The molecule has 1 atom stereocenters. The predicted molar refractivity (Wildman–Crippen MR) is 82.6 cm³/mol. The monoisotopic (exact) mass is 322 g/mol. The zero-order valence-electron chi connectivity index (χ0n) is 13.7. The van der Waals surface area contributed by atoms with E-state index in [2.05, 4.69) is 10.3 Å². The van der Waals surface area contributed by atoms with Crippen LogP contribution >= 0.6 is 0 Å². The molecule has 0 unspecified atom stereocenters. The Morgan fingerprint density at radius 3 is 2.70 bits per heavy atom. The molecule has 0 saturated carbocycles. The number of H-pyrrole nitrogens is 1. The van der Waals surface area contributed by atoms with Gasteiger partial charge in [0.2, 0.25) is 5.91 Å². The van der Waals surface area contributed by atoms with Gasteiger partial charge in [-0.25, -0.2) is 4.79 Å². The summed E-state index contributed by atoms with van der Waals surface area (Å²) in [6.07, 6.45) is 1.97. The van der Waals surface area contributed by atoms with Crippen molar-refractivity contribution in [1.29, 1.82) is 0 Å². The van der Waals surface area contributed by atoms with Gasteiger partial charge in [-0.05, 0) is 25.3 Å². The second-order valence-electron chi connectivity index (χ2n) is 5.64. The first-order chi connectivity index (χ1) is 10.9. The molecular formula is C16H22N2O5. The standard InChI is InChI=1S/C16H22N2O5/c1-9-14(16(21)22-3)12(18-15(9)10(2)19)7-13(20)17-8-11-5-4-6-23-11/h11,18H,4-8H2,1-3H3,(H,17,20)/t11-/m1/s1. The number of ether oxygens (including phenoxy) is 2. The first kappa shape index (κ1) is 17.2. The molecule has 0 aliphatic carbocycles. The Morgan fingerprint density at radius 2 is 2.13 bits per heavy atom. The van der Waals surface area contributed by atoms with Crippen LogP contribution in [0.3, 0.4) is 0 Å². The summed E-state index contributed by atoms with van der Waals surface area (Å²) >= 11 is 0. The van der Waals surface area contributed by atoms with Crippen molar-refractivity contribution in [2.24, 2.45) is 0 Å². The molecular weight excluding hydrogens is 300 g/mol. The van der Waals surface area contributed by atoms with Crippen LogP contribution in [0.15, 0.2) is 0 Å². The minimum atomic E-state index is -0.562. The maximum absolute atomic E-state index is 12.1. The summed E-state index contributed by atoms with van der Waals surface area (Å²) in [4.78, 5) is 38.5. The SMILES string of the molecule is COC(=O)c1c(CC(=O)NC[C@H]2CCCO2)[nH]c(C(C)=O)c1C. The molecule has 7 nitrogen and oxygen atoms in total. The van der Waals surface area contributed by atoms with E-state index in [0.29, 0.717) is 23.5 Å². The quantitative estimate of drug-likeness (QED) is 0.605. The smallest absolute Gasteiger partial charge is 0.339 e. The third-order valence-electron chi connectivity index (χ3n) is 3.96. The number of hydrogen-bond donors (Lipinski definition) is 2. The molecule has 0 aromatic carbocycles. The third-order valence-corrected chi connectivity index (χ3v) is 3.96. The van der Waals surface area contributed by atoms with Gasteiger partial charge in [0.1, 0.15) is 0 Å². The molecule has 2 N–H and O–H groups in total. The normalized spacial score (nSPS) is 17.1. The first-order valence-electron chi connectivity index (χ1n) is 7.63. The third kappa shape index (κ3) is 3.98. The minimum absolute atomic E-state index is 0.0225. The number of rotatable bonds is 6. The lowest BCUT2D eigenvalue weighted by Gasteiger charge is -2.10. The number of carbonyl (C=O) groups excluding carboxylic acids is 3. The molecule has 1 aromatic heterocycles. The van der Waals surface area contributed by atoms with E-state index in [9.17, 15) is 14.4 Å². The number of Topliss-reactive ketones (excluding diaryl/α,β-unsaturated/α-hetero) is 1. The van der Waals surface area contributed by atoms with E-state index < -0.39 is 5.97 Å². The van der Waals surface area contributed by atoms with Gasteiger partial charge in [-0.15, -0.1) is 0 Å². The Labute approximate surface area is 134 Å². The minimum Gasteiger partial charge on any atom is -0.465 e. The van der Waals surface area contributed by atoms with Crippen molar-refractivity contribution >= 4 is 17.7 Å². The van der Waals surface area contributed by atoms with Crippen molar-refractivity contribution in [2.45, 2.75) is 39.2 Å². The number of carbonyl (C=O) groups is 3. The highest BCUT2D eigenvalue weighted by molar-refractivity contribution is 6.01. The fraction of sp³-hybridized carbons (Fsp3) is 0.562. The molecule has 2 rings (SSSR count). The summed E-state index contributed by atoms with van der Waals surface area (Å²) in [5, 5.41) is 2.79. The zero-order valence-corrected chi connectivity index (χ0v) is 13.7. The van der Waals surface area contributed by atoms with Gasteiger partial charge in [0.15, 0.2) is 5.78 Å². The van der Waals surface area contributed by atoms with Gasteiger partial charge in [-0.3, -0.25) is 9.59 Å². The Hall–Kier alpha value is -2.15. The molecule has 0 bridgehead atoms. The maximum atomic E-state index is 12.1. The highest BCUT2D eigenvalue weighted by atomic mass is 16.5. The Bertz CT molecular complexity index is 614. The van der Waals surface area contributed by atoms with Crippen LogP contribution in [0.4, 0.5) is 0 Å². The van der Waals surface area contributed by atoms with Gasteiger partial charge in [0.25, 0.3) is 0 Å². The van der Waals surface area contributed by atoms with Crippen molar-refractivity contribution in [3.8, 4) is 0 Å². The molecule has 1 amide bonds. The van der Waals surface area contributed by atoms with Crippen molar-refractivity contribution < 1.29 is 23.9 Å². The van der Waals surface area contributed by atoms with Crippen molar-refractivity contribution in [2.75, 3.05) is 20.3 Å². The van der Waals surface area contributed by atoms with Gasteiger partial charge in [-0.2, -0.15) is 0 Å². The number of amides is 1. The van der Waals surface area contributed by atoms with Crippen LogP contribution in [0.5, 0.6) is 0 Å². The molecule has 23 heavy (non-hydrogen) atoms. The summed E-state index contributed by atoms with van der Waals surface area (Å²) in [5.41, 5.74) is 1.48. The largest absolute Gasteiger partial charge is 0.465 e. The molecule has 1 fully saturated rings. The van der Waals surface area contributed by atoms with Crippen LogP contribution in [-0.2, 0) is 20.7 Å². The molecule has 0 spiro atoms. The van der Waals surface area contributed by atoms with Crippen molar-refractivity contribution in [3.05, 3.63) is 22.5 Å². The van der Waals surface area contributed by atoms with Crippen LogP contribution in [0.1, 0.15) is 51.9 Å². The predicted octanol–water partition coefficient (Wildman–Crippen LogP) is 1.15. The molecule has 0 radical (unpaired) electrons. The molecule has 126 valence electrons. The summed E-state index contributed by atoms with van der Waals surface area (Å²) in [5.74, 6) is -0.992. The van der Waals surface area contributed by atoms with E-state index in [-0.39, 0.29) is 29.8 Å². The van der Waals surface area contributed by atoms with E-state index in [1.54, 1.807) is 6.92 Å². The van der Waals surface area contributed by atoms with Gasteiger partial charge >= 0.3 is 5.97 Å². The lowest BCUT2D eigenvalue weighted by Crippen LogP contribution is -2.33. The van der Waals surface area contributed by atoms with Crippen LogP contribution in [0, 0.1) is 6.92 Å². The van der Waals surface area contributed by atoms with E-state index in [4.69, 9.17) is 9.47 Å².